The van der Waals surface area contributed by atoms with Crippen molar-refractivity contribution in [1.29, 1.82) is 0 Å². The Morgan fingerprint density at radius 1 is 1.11 bits per heavy atom. The first-order chi connectivity index (χ1) is 9.18. The van der Waals surface area contributed by atoms with Gasteiger partial charge in [-0.3, -0.25) is 4.79 Å². The van der Waals surface area contributed by atoms with E-state index in [2.05, 4.69) is 0 Å². The Kier molecular flexibility index (Phi) is 2.80. The van der Waals surface area contributed by atoms with Gasteiger partial charge in [-0.05, 0) is 12.1 Å². The molecular weight excluding hydrogens is 245 g/mol. The molecule has 3 nitrogen and oxygen atoms in total. The molecule has 19 heavy (non-hydrogen) atoms. The second-order valence-electron chi connectivity index (χ2n) is 4.49. The summed E-state index contributed by atoms with van der Waals surface area (Å²) >= 11 is 0. The lowest BCUT2D eigenvalue weighted by Gasteiger charge is -2.21. The Morgan fingerprint density at radius 3 is 2.53 bits per heavy atom. The average Bonchev–Trinajstić information content (AvgIpc) is 2.67. The van der Waals surface area contributed by atoms with Gasteiger partial charge in [0, 0.05) is 16.7 Å². The number of nitrogens with zero attached hydrogens (tertiary/aromatic N) is 1. The molecule has 0 saturated carbocycles. The third-order valence-electron chi connectivity index (χ3n) is 3.32. The third kappa shape index (κ3) is 1.90. The molecular formula is C15H12FNO2. The maximum atomic E-state index is 13.6. The lowest BCUT2D eigenvalue weighted by molar-refractivity contribution is 0.0133. The van der Waals surface area contributed by atoms with Crippen molar-refractivity contribution < 1.29 is 14.3 Å². The van der Waals surface area contributed by atoms with Crippen LogP contribution in [-0.4, -0.2) is 15.9 Å². The van der Waals surface area contributed by atoms with Gasteiger partial charge >= 0.3 is 0 Å². The van der Waals surface area contributed by atoms with Crippen molar-refractivity contribution in [3.05, 3.63) is 71.0 Å². The summed E-state index contributed by atoms with van der Waals surface area (Å²) in [5.74, 6) is -0.648. The fourth-order valence-corrected chi connectivity index (χ4v) is 2.32. The lowest BCUT2D eigenvalue weighted by Crippen LogP contribution is -2.27. The zero-order chi connectivity index (χ0) is 13.4. The molecule has 96 valence electrons. The summed E-state index contributed by atoms with van der Waals surface area (Å²) in [6.45, 7) is 0.0569. The average molecular weight is 257 g/mol. The van der Waals surface area contributed by atoms with E-state index < -0.39 is 6.23 Å². The minimum absolute atomic E-state index is 0.0569. The number of hydrogen-bond acceptors (Lipinski definition) is 2. The van der Waals surface area contributed by atoms with E-state index in [1.165, 1.54) is 11.0 Å². The number of rotatable bonds is 2. The molecule has 0 radical (unpaired) electrons. The fourth-order valence-electron chi connectivity index (χ4n) is 2.32. The number of hydrogen-bond donors (Lipinski definition) is 1. The van der Waals surface area contributed by atoms with E-state index >= 15 is 0 Å². The van der Waals surface area contributed by atoms with Crippen LogP contribution in [-0.2, 0) is 6.54 Å². The van der Waals surface area contributed by atoms with Crippen molar-refractivity contribution in [2.45, 2.75) is 12.8 Å². The lowest BCUT2D eigenvalue weighted by atomic mass is 10.1. The second-order valence-corrected chi connectivity index (χ2v) is 4.49. The molecule has 0 aromatic heterocycles. The number of aliphatic hydroxyl groups excluding tert-OH is 1. The van der Waals surface area contributed by atoms with Gasteiger partial charge in [0.25, 0.3) is 5.91 Å². The van der Waals surface area contributed by atoms with Crippen molar-refractivity contribution in [3.63, 3.8) is 0 Å². The van der Waals surface area contributed by atoms with Crippen LogP contribution in [0.15, 0.2) is 48.5 Å². The van der Waals surface area contributed by atoms with Crippen LogP contribution in [0.2, 0.25) is 0 Å². The third-order valence-corrected chi connectivity index (χ3v) is 3.32. The van der Waals surface area contributed by atoms with Gasteiger partial charge in [0.15, 0.2) is 6.23 Å². The highest BCUT2D eigenvalue weighted by Crippen LogP contribution is 2.32. The van der Waals surface area contributed by atoms with Gasteiger partial charge in [0.1, 0.15) is 5.82 Å². The van der Waals surface area contributed by atoms with Gasteiger partial charge < -0.3 is 10.0 Å². The van der Waals surface area contributed by atoms with Crippen LogP contribution in [0, 0.1) is 5.82 Å². The number of carbonyl (C=O) groups is 1. The van der Waals surface area contributed by atoms with Crippen LogP contribution in [0.25, 0.3) is 0 Å². The van der Waals surface area contributed by atoms with Gasteiger partial charge in [-0.2, -0.15) is 0 Å². The fraction of sp³-hybridized carbons (Fsp3) is 0.133. The van der Waals surface area contributed by atoms with Gasteiger partial charge in [0.2, 0.25) is 0 Å². The molecule has 1 atom stereocenters. The Hall–Kier alpha value is -2.20. The molecule has 3 rings (SSSR count). The van der Waals surface area contributed by atoms with Crippen LogP contribution in [0.3, 0.4) is 0 Å². The molecule has 1 amide bonds. The molecule has 0 spiro atoms. The van der Waals surface area contributed by atoms with Crippen LogP contribution < -0.4 is 0 Å². The second kappa shape index (κ2) is 4.48. The van der Waals surface area contributed by atoms with Crippen molar-refractivity contribution in [1.82, 2.24) is 4.90 Å². The predicted octanol–water partition coefficient (Wildman–Crippen LogP) is 2.47. The summed E-state index contributed by atoms with van der Waals surface area (Å²) in [6, 6.07) is 13.1. The number of amides is 1. The zero-order valence-electron chi connectivity index (χ0n) is 10.1. The van der Waals surface area contributed by atoms with Crippen molar-refractivity contribution in [2.24, 2.45) is 0 Å². The highest BCUT2D eigenvalue weighted by Gasteiger charge is 2.35. The maximum absolute atomic E-state index is 13.6. The summed E-state index contributed by atoms with van der Waals surface area (Å²) in [6.07, 6.45) is -1.01. The minimum Gasteiger partial charge on any atom is -0.369 e. The van der Waals surface area contributed by atoms with Crippen LogP contribution in [0.4, 0.5) is 4.39 Å². The Morgan fingerprint density at radius 2 is 1.79 bits per heavy atom. The summed E-state index contributed by atoms with van der Waals surface area (Å²) in [4.78, 5) is 13.4. The monoisotopic (exact) mass is 257 g/mol. The van der Waals surface area contributed by atoms with E-state index in [-0.39, 0.29) is 18.3 Å². The minimum atomic E-state index is -1.01. The number of fused-ring (bicyclic) bond motifs is 1. The van der Waals surface area contributed by atoms with Crippen molar-refractivity contribution >= 4 is 5.91 Å². The summed E-state index contributed by atoms with van der Waals surface area (Å²) in [5, 5.41) is 10.1. The van der Waals surface area contributed by atoms with Crippen LogP contribution in [0.1, 0.15) is 27.7 Å². The molecule has 2 aromatic carbocycles. The van der Waals surface area contributed by atoms with Gasteiger partial charge in [0.05, 0.1) is 6.54 Å². The maximum Gasteiger partial charge on any atom is 0.256 e. The first kappa shape index (κ1) is 11.9. The number of aliphatic hydroxyl groups is 1. The summed E-state index contributed by atoms with van der Waals surface area (Å²) in [7, 11) is 0. The van der Waals surface area contributed by atoms with E-state index in [1.807, 2.05) is 0 Å². The molecule has 4 heteroatoms. The van der Waals surface area contributed by atoms with Crippen molar-refractivity contribution in [3.8, 4) is 0 Å². The van der Waals surface area contributed by atoms with E-state index in [4.69, 9.17) is 0 Å². The molecule has 0 saturated heterocycles. The van der Waals surface area contributed by atoms with E-state index in [0.717, 1.165) is 0 Å². The van der Waals surface area contributed by atoms with Gasteiger partial charge in [-0.1, -0.05) is 36.4 Å². The Bertz CT molecular complexity index is 642. The van der Waals surface area contributed by atoms with E-state index in [9.17, 15) is 14.3 Å². The van der Waals surface area contributed by atoms with E-state index in [0.29, 0.717) is 16.7 Å². The molecule has 1 aliphatic rings. The normalized spacial score (nSPS) is 17.7. The zero-order valence-corrected chi connectivity index (χ0v) is 10.1. The van der Waals surface area contributed by atoms with Crippen molar-refractivity contribution in [2.75, 3.05) is 0 Å². The standard InChI is InChI=1S/C15H12FNO2/c16-13-8-4-1-5-10(13)9-17-14(18)11-6-2-3-7-12(11)15(17)19/h1-8,14,18H,9H2. The molecule has 1 N–H and O–H groups in total. The smallest absolute Gasteiger partial charge is 0.256 e. The number of benzene rings is 2. The highest BCUT2D eigenvalue weighted by atomic mass is 19.1. The molecule has 1 heterocycles. The SMILES string of the molecule is O=C1c2ccccc2C(O)N1Cc1ccccc1F. The van der Waals surface area contributed by atoms with E-state index in [1.54, 1.807) is 42.5 Å². The largest absolute Gasteiger partial charge is 0.369 e. The van der Waals surface area contributed by atoms with Gasteiger partial charge in [-0.25, -0.2) is 4.39 Å². The molecule has 1 unspecified atom stereocenters. The number of carbonyl (C=O) groups excluding carboxylic acids is 1. The molecule has 1 aliphatic heterocycles. The molecule has 0 aliphatic carbocycles. The Labute approximate surface area is 109 Å². The molecule has 0 bridgehead atoms. The summed E-state index contributed by atoms with van der Waals surface area (Å²) in [5.41, 5.74) is 1.44. The first-order valence-electron chi connectivity index (χ1n) is 6.00. The molecule has 0 fully saturated rings. The van der Waals surface area contributed by atoms with Crippen LogP contribution >= 0.6 is 0 Å². The molecule has 2 aromatic rings. The predicted molar refractivity (Wildman–Crippen MR) is 67.7 cm³/mol. The summed E-state index contributed by atoms with van der Waals surface area (Å²) < 4.78 is 13.6. The quantitative estimate of drug-likeness (QED) is 0.897. The highest BCUT2D eigenvalue weighted by molar-refractivity contribution is 5.98. The van der Waals surface area contributed by atoms with Gasteiger partial charge in [-0.15, -0.1) is 0 Å². The number of halogens is 1. The topological polar surface area (TPSA) is 40.5 Å². The van der Waals surface area contributed by atoms with Crippen LogP contribution in [0.5, 0.6) is 0 Å². The first-order valence-corrected chi connectivity index (χ1v) is 6.00. The Balaban J connectivity index is 1.93.